The zero-order valence-electron chi connectivity index (χ0n) is 12.7. The van der Waals surface area contributed by atoms with Crippen LogP contribution in [0.25, 0.3) is 0 Å². The Morgan fingerprint density at radius 1 is 1.32 bits per heavy atom. The van der Waals surface area contributed by atoms with Gasteiger partial charge in [0.2, 0.25) is 0 Å². The Kier molecular flexibility index (Phi) is 5.41. The van der Waals surface area contributed by atoms with E-state index in [-0.39, 0.29) is 0 Å². The standard InChI is InChI=1S/C17H28N2/c1-14(2)17-13-19(11-6-10-18-17)12-9-16-8-5-4-7-15(16)3/h4-5,7-8,14,17-18H,6,9-13H2,1-3H3. The molecule has 1 aliphatic rings. The third-order valence-corrected chi connectivity index (χ3v) is 4.28. The van der Waals surface area contributed by atoms with Crippen molar-refractivity contribution >= 4 is 0 Å². The molecule has 1 heterocycles. The summed E-state index contributed by atoms with van der Waals surface area (Å²) in [6.45, 7) is 11.7. The number of hydrogen-bond donors (Lipinski definition) is 1. The Labute approximate surface area is 118 Å². The highest BCUT2D eigenvalue weighted by Crippen LogP contribution is 2.12. The molecule has 0 aliphatic carbocycles. The number of hydrogen-bond acceptors (Lipinski definition) is 2. The van der Waals surface area contributed by atoms with Crippen LogP contribution in [0.2, 0.25) is 0 Å². The molecule has 0 aromatic heterocycles. The monoisotopic (exact) mass is 260 g/mol. The number of nitrogens with zero attached hydrogens (tertiary/aromatic N) is 1. The summed E-state index contributed by atoms with van der Waals surface area (Å²) in [4.78, 5) is 2.64. The van der Waals surface area contributed by atoms with E-state index in [4.69, 9.17) is 0 Å². The quantitative estimate of drug-likeness (QED) is 0.895. The van der Waals surface area contributed by atoms with Crippen LogP contribution in [0.3, 0.4) is 0 Å². The first-order valence-electron chi connectivity index (χ1n) is 7.67. The molecule has 1 saturated heterocycles. The van der Waals surface area contributed by atoms with Gasteiger partial charge in [0, 0.05) is 19.1 Å². The molecule has 0 radical (unpaired) electrons. The van der Waals surface area contributed by atoms with Crippen LogP contribution in [-0.2, 0) is 6.42 Å². The minimum Gasteiger partial charge on any atom is -0.312 e. The summed E-state index contributed by atoms with van der Waals surface area (Å²) in [6, 6.07) is 9.42. The van der Waals surface area contributed by atoms with Gasteiger partial charge in [-0.05, 0) is 49.9 Å². The summed E-state index contributed by atoms with van der Waals surface area (Å²) < 4.78 is 0. The molecule has 0 bridgehead atoms. The lowest BCUT2D eigenvalue weighted by molar-refractivity contribution is 0.248. The molecule has 2 rings (SSSR count). The average Bonchev–Trinajstić information content (AvgIpc) is 2.63. The van der Waals surface area contributed by atoms with Gasteiger partial charge in [-0.15, -0.1) is 0 Å². The Bertz CT molecular complexity index is 387. The second-order valence-corrected chi connectivity index (χ2v) is 6.14. The van der Waals surface area contributed by atoms with Crippen molar-refractivity contribution in [2.75, 3.05) is 26.2 Å². The topological polar surface area (TPSA) is 15.3 Å². The van der Waals surface area contributed by atoms with Gasteiger partial charge in [-0.3, -0.25) is 0 Å². The van der Waals surface area contributed by atoms with Crippen LogP contribution < -0.4 is 5.32 Å². The van der Waals surface area contributed by atoms with E-state index in [1.807, 2.05) is 0 Å². The molecule has 106 valence electrons. The van der Waals surface area contributed by atoms with Gasteiger partial charge in [-0.25, -0.2) is 0 Å². The zero-order chi connectivity index (χ0) is 13.7. The van der Waals surface area contributed by atoms with Crippen LogP contribution in [0.1, 0.15) is 31.4 Å². The molecule has 1 unspecified atom stereocenters. The minimum absolute atomic E-state index is 0.652. The molecule has 2 nitrogen and oxygen atoms in total. The maximum absolute atomic E-state index is 3.68. The largest absolute Gasteiger partial charge is 0.312 e. The number of benzene rings is 1. The van der Waals surface area contributed by atoms with Gasteiger partial charge in [-0.1, -0.05) is 38.1 Å². The van der Waals surface area contributed by atoms with E-state index in [2.05, 4.69) is 55.3 Å². The van der Waals surface area contributed by atoms with Crippen molar-refractivity contribution in [1.29, 1.82) is 0 Å². The van der Waals surface area contributed by atoms with Crippen LogP contribution in [-0.4, -0.2) is 37.1 Å². The fourth-order valence-corrected chi connectivity index (χ4v) is 2.84. The first-order chi connectivity index (χ1) is 9.16. The van der Waals surface area contributed by atoms with Crippen molar-refractivity contribution in [3.05, 3.63) is 35.4 Å². The van der Waals surface area contributed by atoms with E-state index >= 15 is 0 Å². The summed E-state index contributed by atoms with van der Waals surface area (Å²) in [5, 5.41) is 3.68. The first-order valence-corrected chi connectivity index (χ1v) is 7.67. The van der Waals surface area contributed by atoms with E-state index in [9.17, 15) is 0 Å². The Hall–Kier alpha value is -0.860. The fraction of sp³-hybridized carbons (Fsp3) is 0.647. The van der Waals surface area contributed by atoms with Crippen molar-refractivity contribution in [3.8, 4) is 0 Å². The molecular weight excluding hydrogens is 232 g/mol. The van der Waals surface area contributed by atoms with Crippen molar-refractivity contribution in [3.63, 3.8) is 0 Å². The van der Waals surface area contributed by atoms with Gasteiger partial charge in [0.05, 0.1) is 0 Å². The van der Waals surface area contributed by atoms with E-state index in [0.29, 0.717) is 6.04 Å². The van der Waals surface area contributed by atoms with E-state index in [0.717, 1.165) is 5.92 Å². The molecule has 1 aliphatic heterocycles. The molecule has 1 aromatic rings. The van der Waals surface area contributed by atoms with Crippen molar-refractivity contribution in [2.24, 2.45) is 5.92 Å². The molecule has 1 atom stereocenters. The Balaban J connectivity index is 1.89. The molecule has 0 saturated carbocycles. The van der Waals surface area contributed by atoms with Crippen LogP contribution in [0, 0.1) is 12.8 Å². The van der Waals surface area contributed by atoms with Crippen LogP contribution in [0.4, 0.5) is 0 Å². The highest BCUT2D eigenvalue weighted by atomic mass is 15.2. The fourth-order valence-electron chi connectivity index (χ4n) is 2.84. The van der Waals surface area contributed by atoms with Crippen LogP contribution in [0.15, 0.2) is 24.3 Å². The molecule has 0 amide bonds. The number of aryl methyl sites for hydroxylation is 1. The molecule has 1 N–H and O–H groups in total. The lowest BCUT2D eigenvalue weighted by Gasteiger charge is -2.26. The van der Waals surface area contributed by atoms with Gasteiger partial charge in [0.1, 0.15) is 0 Å². The summed E-state index contributed by atoms with van der Waals surface area (Å²) in [5.41, 5.74) is 2.93. The highest BCUT2D eigenvalue weighted by Gasteiger charge is 2.19. The SMILES string of the molecule is Cc1ccccc1CCN1CCCNC(C(C)C)C1. The summed E-state index contributed by atoms with van der Waals surface area (Å²) in [7, 11) is 0. The van der Waals surface area contributed by atoms with E-state index < -0.39 is 0 Å². The molecule has 2 heteroatoms. The zero-order valence-corrected chi connectivity index (χ0v) is 12.7. The molecular formula is C17H28N2. The second-order valence-electron chi connectivity index (χ2n) is 6.14. The lowest BCUT2D eigenvalue weighted by atomic mass is 10.0. The molecule has 1 fully saturated rings. The second kappa shape index (κ2) is 7.06. The molecule has 19 heavy (non-hydrogen) atoms. The minimum atomic E-state index is 0.652. The van der Waals surface area contributed by atoms with Crippen molar-refractivity contribution in [1.82, 2.24) is 10.2 Å². The van der Waals surface area contributed by atoms with Crippen molar-refractivity contribution < 1.29 is 0 Å². The molecule has 1 aromatic carbocycles. The highest BCUT2D eigenvalue weighted by molar-refractivity contribution is 5.25. The first kappa shape index (κ1) is 14.5. The van der Waals surface area contributed by atoms with Gasteiger partial charge in [0.15, 0.2) is 0 Å². The lowest BCUT2D eigenvalue weighted by Crippen LogP contribution is -2.41. The summed E-state index contributed by atoms with van der Waals surface area (Å²) in [6.07, 6.45) is 2.45. The smallest absolute Gasteiger partial charge is 0.0217 e. The summed E-state index contributed by atoms with van der Waals surface area (Å²) >= 11 is 0. The summed E-state index contributed by atoms with van der Waals surface area (Å²) in [5.74, 6) is 0.721. The van der Waals surface area contributed by atoms with Gasteiger partial charge >= 0.3 is 0 Å². The molecule has 0 spiro atoms. The predicted octanol–water partition coefficient (Wildman–Crippen LogP) is 2.86. The van der Waals surface area contributed by atoms with E-state index in [1.54, 1.807) is 0 Å². The van der Waals surface area contributed by atoms with E-state index in [1.165, 1.54) is 50.1 Å². The Morgan fingerprint density at radius 2 is 2.11 bits per heavy atom. The Morgan fingerprint density at radius 3 is 2.84 bits per heavy atom. The van der Waals surface area contributed by atoms with Crippen LogP contribution in [0.5, 0.6) is 0 Å². The number of nitrogens with one attached hydrogen (secondary N) is 1. The van der Waals surface area contributed by atoms with Gasteiger partial charge in [-0.2, -0.15) is 0 Å². The van der Waals surface area contributed by atoms with Crippen LogP contribution >= 0.6 is 0 Å². The average molecular weight is 260 g/mol. The van der Waals surface area contributed by atoms with Gasteiger partial charge < -0.3 is 10.2 Å². The van der Waals surface area contributed by atoms with Crippen molar-refractivity contribution in [2.45, 2.75) is 39.7 Å². The number of rotatable bonds is 4. The maximum atomic E-state index is 3.68. The maximum Gasteiger partial charge on any atom is 0.0217 e. The van der Waals surface area contributed by atoms with Gasteiger partial charge in [0.25, 0.3) is 0 Å². The third kappa shape index (κ3) is 4.32. The predicted molar refractivity (Wildman–Crippen MR) is 82.6 cm³/mol. The third-order valence-electron chi connectivity index (χ3n) is 4.28. The normalized spacial score (nSPS) is 21.6.